The largest absolute Gasteiger partial charge is 0.453 e. The molecule has 3 heterocycles. The number of piperidine rings is 2. The van der Waals surface area contributed by atoms with E-state index in [1.165, 1.54) is 0 Å². The zero-order chi connectivity index (χ0) is 30.5. The number of aliphatic hydroxyl groups is 6. The average Bonchev–Trinajstić information content (AvgIpc) is 3.09. The van der Waals surface area contributed by atoms with E-state index in [2.05, 4.69) is 11.8 Å². The Kier molecular flexibility index (Phi) is 7.01. The average molecular weight is 628 g/mol. The highest BCUT2D eigenvalue weighted by molar-refractivity contribution is 5.87. The molecule has 7 fully saturated rings. The molecule has 3 saturated heterocycles. The zero-order valence-corrected chi connectivity index (χ0v) is 26.8. The lowest BCUT2D eigenvalue weighted by Gasteiger charge is -2.68. The van der Waals surface area contributed by atoms with E-state index in [1.54, 1.807) is 26.8 Å². The number of fused-ring (bicyclic) bond motifs is 5. The van der Waals surface area contributed by atoms with E-state index in [-0.39, 0.29) is 37.8 Å². The first-order chi connectivity index (χ1) is 19.5. The van der Waals surface area contributed by atoms with Crippen molar-refractivity contribution in [1.29, 1.82) is 0 Å². The van der Waals surface area contributed by atoms with E-state index in [0.717, 1.165) is 6.42 Å². The quantitative estimate of drug-likeness (QED) is 0.195. The number of esters is 1. The van der Waals surface area contributed by atoms with Gasteiger partial charge in [-0.2, -0.15) is 0 Å². The van der Waals surface area contributed by atoms with Crippen molar-refractivity contribution in [3.63, 3.8) is 0 Å². The SMILES string of the molecule is C/C=C(/C)C(=O)O[C@H]1CC[C@@]2(C)[C@@H]3CC[C@H]4[C@]5(O)C[C@H](O)[C@@]6(O)[C@@H](CN7C[C@@H](C)CC[C@H]7[C@@]6(C)O)[C@]5(O)C[C@]42O[C@]13O.Cl. The molecule has 4 aliphatic carbocycles. The van der Waals surface area contributed by atoms with Crippen LogP contribution in [0.15, 0.2) is 11.6 Å². The first-order valence-corrected chi connectivity index (χ1v) is 16.0. The molecule has 7 rings (SSSR count). The molecule has 4 bridgehead atoms. The van der Waals surface area contributed by atoms with Gasteiger partial charge in [0.05, 0.1) is 11.7 Å². The predicted octanol–water partition coefficient (Wildman–Crippen LogP) is 1.41. The molecule has 11 heteroatoms. The van der Waals surface area contributed by atoms with Crippen LogP contribution in [0.1, 0.15) is 86.0 Å². The highest BCUT2D eigenvalue weighted by atomic mass is 35.5. The third-order valence-corrected chi connectivity index (χ3v) is 14.1. The van der Waals surface area contributed by atoms with Crippen molar-refractivity contribution in [3.05, 3.63) is 11.6 Å². The fourth-order valence-corrected chi connectivity index (χ4v) is 11.8. The maximum Gasteiger partial charge on any atom is 0.333 e. The minimum atomic E-state index is -2.06. The second kappa shape index (κ2) is 9.38. The van der Waals surface area contributed by atoms with Crippen molar-refractivity contribution in [2.45, 2.75) is 138 Å². The van der Waals surface area contributed by atoms with Gasteiger partial charge >= 0.3 is 5.97 Å². The number of nitrogens with zero attached hydrogens (tertiary/aromatic N) is 1. The predicted molar refractivity (Wildman–Crippen MR) is 157 cm³/mol. The van der Waals surface area contributed by atoms with Gasteiger partial charge in [-0.25, -0.2) is 4.79 Å². The molecule has 1 spiro atoms. The monoisotopic (exact) mass is 627 g/mol. The number of carbonyl (C=O) groups excluding carboxylic acids is 1. The second-order valence-electron chi connectivity index (χ2n) is 15.7. The molecule has 0 unspecified atom stereocenters. The second-order valence-corrected chi connectivity index (χ2v) is 15.7. The molecular weight excluding hydrogens is 578 g/mol. The Labute approximate surface area is 259 Å². The third-order valence-electron chi connectivity index (χ3n) is 14.1. The highest BCUT2D eigenvalue weighted by Gasteiger charge is 2.88. The van der Waals surface area contributed by atoms with Crippen LogP contribution >= 0.6 is 12.4 Å². The summed E-state index contributed by atoms with van der Waals surface area (Å²) in [4.78, 5) is 14.9. The van der Waals surface area contributed by atoms with Gasteiger partial charge in [0.25, 0.3) is 0 Å². The smallest absolute Gasteiger partial charge is 0.333 e. The number of carbonyl (C=O) groups is 1. The molecule has 0 aromatic carbocycles. The summed E-state index contributed by atoms with van der Waals surface area (Å²) < 4.78 is 12.6. The maximum atomic E-state index is 12.9. The molecule has 244 valence electrons. The summed E-state index contributed by atoms with van der Waals surface area (Å²) in [7, 11) is 0. The van der Waals surface area contributed by atoms with Crippen molar-refractivity contribution in [2.75, 3.05) is 13.1 Å². The van der Waals surface area contributed by atoms with Crippen molar-refractivity contribution in [1.82, 2.24) is 4.90 Å². The Balaban J connectivity index is 0.00000329. The normalized spacial score (nSPS) is 58.9. The molecule has 6 N–H and O–H groups in total. The third kappa shape index (κ3) is 3.46. The highest BCUT2D eigenvalue weighted by Crippen LogP contribution is 2.78. The van der Waals surface area contributed by atoms with Gasteiger partial charge in [-0.05, 0) is 65.2 Å². The van der Waals surface area contributed by atoms with Crippen molar-refractivity contribution >= 4 is 18.4 Å². The number of rotatable bonds is 2. The van der Waals surface area contributed by atoms with Crippen LogP contribution in [0.2, 0.25) is 0 Å². The minimum Gasteiger partial charge on any atom is -0.453 e. The van der Waals surface area contributed by atoms with Gasteiger partial charge in [0.1, 0.15) is 22.4 Å². The summed E-state index contributed by atoms with van der Waals surface area (Å²) >= 11 is 0. The van der Waals surface area contributed by atoms with E-state index in [1.807, 2.05) is 6.92 Å². The summed E-state index contributed by atoms with van der Waals surface area (Å²) in [5, 5.41) is 73.9. The van der Waals surface area contributed by atoms with Crippen LogP contribution in [0.3, 0.4) is 0 Å². The van der Waals surface area contributed by atoms with E-state index >= 15 is 0 Å². The first-order valence-electron chi connectivity index (χ1n) is 16.0. The number of aliphatic hydroxyl groups excluding tert-OH is 1. The van der Waals surface area contributed by atoms with Gasteiger partial charge in [-0.15, -0.1) is 12.4 Å². The van der Waals surface area contributed by atoms with Gasteiger partial charge in [-0.3, -0.25) is 4.90 Å². The molecule has 4 saturated carbocycles. The van der Waals surface area contributed by atoms with Crippen LogP contribution in [0.4, 0.5) is 0 Å². The Hall–Kier alpha value is -0.820. The summed E-state index contributed by atoms with van der Waals surface area (Å²) in [6.07, 6.45) is 2.30. The van der Waals surface area contributed by atoms with Crippen LogP contribution in [-0.4, -0.2) is 107 Å². The van der Waals surface area contributed by atoms with Gasteiger partial charge < -0.3 is 40.1 Å². The molecule has 0 aromatic rings. The summed E-state index contributed by atoms with van der Waals surface area (Å²) in [5.74, 6) is -4.05. The molecule has 3 aliphatic heterocycles. The van der Waals surface area contributed by atoms with Gasteiger partial charge in [-0.1, -0.05) is 19.9 Å². The molecule has 10 nitrogen and oxygen atoms in total. The van der Waals surface area contributed by atoms with E-state index in [0.29, 0.717) is 50.1 Å². The number of ether oxygens (including phenoxy) is 2. The van der Waals surface area contributed by atoms with E-state index in [4.69, 9.17) is 9.47 Å². The topological polar surface area (TPSA) is 160 Å². The van der Waals surface area contributed by atoms with E-state index < -0.39 is 75.1 Å². The van der Waals surface area contributed by atoms with Crippen LogP contribution < -0.4 is 0 Å². The Morgan fingerprint density at radius 2 is 1.63 bits per heavy atom. The van der Waals surface area contributed by atoms with E-state index in [9.17, 15) is 35.4 Å². The van der Waals surface area contributed by atoms with Crippen molar-refractivity contribution < 1.29 is 44.9 Å². The number of hydrogen-bond acceptors (Lipinski definition) is 10. The zero-order valence-electron chi connectivity index (χ0n) is 26.0. The standard InChI is InChI=1S/C32H49NO9.ClH/c1-6-18(3)25(35)41-24-11-12-26(4)19-8-9-20-28(37)13-23(34)31(39)21(29(28,38)16-30(20,26)42-32(19,24)40)15-33-14-17(2)7-10-22(33)27(31,5)36;/h6,17,19-24,34,36-40H,7-16H2,1-5H3;1H/b18-6-;/t17-,19-,20-,21-,22-,23-,24-,26-,27+,28+,29+,30-,31-,32-;/m0./s1. The lowest BCUT2D eigenvalue weighted by atomic mass is 9.49. The van der Waals surface area contributed by atoms with Crippen LogP contribution in [0, 0.1) is 29.1 Å². The van der Waals surface area contributed by atoms with Crippen LogP contribution in [0.25, 0.3) is 0 Å². The fourth-order valence-electron chi connectivity index (χ4n) is 11.8. The molecular formula is C32H50ClNO9. The molecule has 43 heavy (non-hydrogen) atoms. The molecule has 0 aromatic heterocycles. The number of allylic oxidation sites excluding steroid dienone is 1. The fraction of sp³-hybridized carbons (Fsp3) is 0.906. The molecule has 0 amide bonds. The Morgan fingerprint density at radius 3 is 2.30 bits per heavy atom. The Morgan fingerprint density at radius 1 is 0.953 bits per heavy atom. The molecule has 14 atom stereocenters. The van der Waals surface area contributed by atoms with Crippen LogP contribution in [-0.2, 0) is 14.3 Å². The van der Waals surface area contributed by atoms with Gasteiger partial charge in [0, 0.05) is 60.7 Å². The summed E-state index contributed by atoms with van der Waals surface area (Å²) in [6, 6.07) is -0.387. The number of halogens is 1. The molecule has 0 radical (unpaired) electrons. The molecule has 7 aliphatic rings. The van der Waals surface area contributed by atoms with Gasteiger partial charge in [0.15, 0.2) is 6.10 Å². The summed E-state index contributed by atoms with van der Waals surface area (Å²) in [6.45, 7) is 10.1. The van der Waals surface area contributed by atoms with Gasteiger partial charge in [0.2, 0.25) is 5.79 Å². The Bertz CT molecular complexity index is 1230. The van der Waals surface area contributed by atoms with Crippen molar-refractivity contribution in [2.24, 2.45) is 29.1 Å². The van der Waals surface area contributed by atoms with Crippen LogP contribution in [0.5, 0.6) is 0 Å². The summed E-state index contributed by atoms with van der Waals surface area (Å²) in [5.41, 5.74) is -8.96. The number of hydrogen-bond donors (Lipinski definition) is 6. The maximum absolute atomic E-state index is 12.9. The lowest BCUT2D eigenvalue weighted by Crippen LogP contribution is -2.85. The minimum absolute atomic E-state index is 0. The van der Waals surface area contributed by atoms with Crippen molar-refractivity contribution in [3.8, 4) is 0 Å². The lowest BCUT2D eigenvalue weighted by molar-refractivity contribution is -0.354. The first kappa shape index (κ1) is 32.1.